The minimum atomic E-state index is -0.910. The van der Waals surface area contributed by atoms with E-state index in [1.54, 1.807) is 12.0 Å². The number of aliphatic carboxylic acids is 1. The van der Waals surface area contributed by atoms with Gasteiger partial charge in [-0.05, 0) is 36.5 Å². The number of likely N-dealkylation sites (tertiary alicyclic amines) is 1. The number of rotatable bonds is 10. The molecule has 154 valence electrons. The molecular formula is C23H27NO5. The summed E-state index contributed by atoms with van der Waals surface area (Å²) in [4.78, 5) is 24.8. The summed E-state index contributed by atoms with van der Waals surface area (Å²) in [5, 5.41) is 9.13. The molecule has 0 spiro atoms. The summed E-state index contributed by atoms with van der Waals surface area (Å²) >= 11 is 0. The number of carbonyl (C=O) groups excluding carboxylic acids is 1. The Morgan fingerprint density at radius 2 is 1.97 bits per heavy atom. The van der Waals surface area contributed by atoms with Crippen molar-refractivity contribution in [2.24, 2.45) is 5.92 Å². The van der Waals surface area contributed by atoms with Crippen molar-refractivity contribution in [1.29, 1.82) is 0 Å². The lowest BCUT2D eigenvalue weighted by molar-refractivity contribution is -0.141. The Bertz CT molecular complexity index is 836. The number of ether oxygens (including phenoxy) is 2. The van der Waals surface area contributed by atoms with E-state index in [2.05, 4.69) is 12.1 Å². The van der Waals surface area contributed by atoms with Crippen LogP contribution in [0.15, 0.2) is 48.5 Å². The van der Waals surface area contributed by atoms with E-state index in [1.165, 1.54) is 5.56 Å². The van der Waals surface area contributed by atoms with Crippen LogP contribution in [-0.2, 0) is 22.4 Å². The van der Waals surface area contributed by atoms with Gasteiger partial charge in [-0.1, -0.05) is 36.4 Å². The molecule has 2 aromatic carbocycles. The first-order valence-corrected chi connectivity index (χ1v) is 9.91. The van der Waals surface area contributed by atoms with Crippen molar-refractivity contribution >= 4 is 11.9 Å². The molecule has 1 unspecified atom stereocenters. The van der Waals surface area contributed by atoms with E-state index in [0.29, 0.717) is 19.6 Å². The Morgan fingerprint density at radius 1 is 1.17 bits per heavy atom. The number of aryl methyl sites for hydroxylation is 1. The molecule has 0 radical (unpaired) electrons. The molecule has 0 saturated carbocycles. The average molecular weight is 397 g/mol. The first-order chi connectivity index (χ1) is 14.1. The van der Waals surface area contributed by atoms with E-state index >= 15 is 0 Å². The molecule has 1 aliphatic heterocycles. The molecule has 1 aliphatic rings. The predicted octanol–water partition coefficient (Wildman–Crippen LogP) is 3.18. The highest BCUT2D eigenvalue weighted by Crippen LogP contribution is 2.27. The number of carbonyl (C=O) groups is 2. The van der Waals surface area contributed by atoms with Gasteiger partial charge in [0.05, 0.1) is 19.6 Å². The molecule has 0 aromatic heterocycles. The molecule has 2 aromatic rings. The maximum atomic E-state index is 12.1. The van der Waals surface area contributed by atoms with Gasteiger partial charge < -0.3 is 19.5 Å². The molecular weight excluding hydrogens is 370 g/mol. The van der Waals surface area contributed by atoms with E-state index in [4.69, 9.17) is 14.6 Å². The second-order valence-electron chi connectivity index (χ2n) is 7.24. The molecule has 3 rings (SSSR count). The topological polar surface area (TPSA) is 76.1 Å². The van der Waals surface area contributed by atoms with Crippen LogP contribution >= 0.6 is 0 Å². The highest BCUT2D eigenvalue weighted by Gasteiger charge is 2.33. The lowest BCUT2D eigenvalue weighted by atomic mass is 10.1. The third-order valence-corrected chi connectivity index (χ3v) is 5.20. The summed E-state index contributed by atoms with van der Waals surface area (Å²) in [7, 11) is 1.61. The first-order valence-electron chi connectivity index (χ1n) is 9.91. The van der Waals surface area contributed by atoms with Crippen molar-refractivity contribution in [3.05, 3.63) is 59.7 Å². The van der Waals surface area contributed by atoms with Crippen molar-refractivity contribution in [1.82, 2.24) is 4.90 Å². The van der Waals surface area contributed by atoms with E-state index in [1.807, 2.05) is 36.4 Å². The van der Waals surface area contributed by atoms with Gasteiger partial charge in [-0.15, -0.1) is 0 Å². The third kappa shape index (κ3) is 5.73. The summed E-state index contributed by atoms with van der Waals surface area (Å²) in [5.74, 6) is -0.148. The minimum Gasteiger partial charge on any atom is -0.497 e. The molecule has 0 aliphatic carbocycles. The Kier molecular flexibility index (Phi) is 7.11. The van der Waals surface area contributed by atoms with Gasteiger partial charge in [0.25, 0.3) is 0 Å². The number of hydrogen-bond acceptors (Lipinski definition) is 4. The van der Waals surface area contributed by atoms with Crippen LogP contribution in [0.2, 0.25) is 0 Å². The second-order valence-corrected chi connectivity index (χ2v) is 7.24. The number of amides is 1. The number of methoxy groups -OCH3 is 1. The molecule has 0 bridgehead atoms. The summed E-state index contributed by atoms with van der Waals surface area (Å²) in [5.41, 5.74) is 2.26. The fourth-order valence-corrected chi connectivity index (χ4v) is 3.51. The lowest BCUT2D eigenvalue weighted by Crippen LogP contribution is -2.28. The number of carboxylic acids is 1. The van der Waals surface area contributed by atoms with Crippen LogP contribution in [-0.4, -0.2) is 48.7 Å². The third-order valence-electron chi connectivity index (χ3n) is 5.20. The highest BCUT2D eigenvalue weighted by atomic mass is 16.5. The normalized spacial score (nSPS) is 16.1. The summed E-state index contributed by atoms with van der Waals surface area (Å²) in [6.07, 6.45) is 2.53. The Hall–Kier alpha value is -3.02. The van der Waals surface area contributed by atoms with Crippen LogP contribution in [0.25, 0.3) is 0 Å². The molecule has 1 saturated heterocycles. The van der Waals surface area contributed by atoms with Crippen molar-refractivity contribution < 1.29 is 24.2 Å². The summed E-state index contributed by atoms with van der Waals surface area (Å²) in [6.45, 7) is 1.34. The molecule has 6 nitrogen and oxygen atoms in total. The van der Waals surface area contributed by atoms with Crippen molar-refractivity contribution in [3.63, 3.8) is 0 Å². The van der Waals surface area contributed by atoms with E-state index < -0.39 is 11.9 Å². The minimum absolute atomic E-state index is 0.0841. The Balaban J connectivity index is 1.57. The molecule has 1 N–H and O–H groups in total. The van der Waals surface area contributed by atoms with Crippen LogP contribution in [0.5, 0.6) is 11.5 Å². The molecule has 1 amide bonds. The molecule has 1 fully saturated rings. The fourth-order valence-electron chi connectivity index (χ4n) is 3.51. The molecule has 1 atom stereocenters. The Morgan fingerprint density at radius 3 is 2.66 bits per heavy atom. The monoisotopic (exact) mass is 397 g/mol. The number of benzene rings is 2. The van der Waals surface area contributed by atoms with E-state index in [9.17, 15) is 9.59 Å². The molecule has 6 heteroatoms. The van der Waals surface area contributed by atoms with Crippen molar-refractivity contribution in [2.45, 2.75) is 25.7 Å². The fraction of sp³-hybridized carbons (Fsp3) is 0.391. The van der Waals surface area contributed by atoms with Crippen molar-refractivity contribution in [2.75, 3.05) is 26.8 Å². The zero-order valence-electron chi connectivity index (χ0n) is 16.7. The van der Waals surface area contributed by atoms with E-state index in [0.717, 1.165) is 29.9 Å². The number of carboxylic acid groups (broad SMARTS) is 1. The SMILES string of the molecule is COc1ccc(CCN2CC(C(=O)O)CC2=O)c(OCCCc2ccccc2)c1. The first kappa shape index (κ1) is 20.7. The summed E-state index contributed by atoms with van der Waals surface area (Å²) < 4.78 is 11.3. The highest BCUT2D eigenvalue weighted by molar-refractivity contribution is 5.86. The quantitative estimate of drug-likeness (QED) is 0.623. The van der Waals surface area contributed by atoms with Gasteiger partial charge in [-0.25, -0.2) is 0 Å². The smallest absolute Gasteiger partial charge is 0.308 e. The zero-order valence-corrected chi connectivity index (χ0v) is 16.7. The van der Waals surface area contributed by atoms with Crippen molar-refractivity contribution in [3.8, 4) is 11.5 Å². The van der Waals surface area contributed by atoms with Gasteiger partial charge in [0.15, 0.2) is 0 Å². The van der Waals surface area contributed by atoms with Crippen LogP contribution in [0.1, 0.15) is 24.0 Å². The van der Waals surface area contributed by atoms with E-state index in [-0.39, 0.29) is 18.9 Å². The van der Waals surface area contributed by atoms with Crippen LogP contribution in [0.3, 0.4) is 0 Å². The van der Waals surface area contributed by atoms with Gasteiger partial charge in [0.1, 0.15) is 11.5 Å². The van der Waals surface area contributed by atoms with Crippen LogP contribution < -0.4 is 9.47 Å². The van der Waals surface area contributed by atoms with Gasteiger partial charge in [-0.3, -0.25) is 9.59 Å². The van der Waals surface area contributed by atoms with Crippen LogP contribution in [0, 0.1) is 5.92 Å². The van der Waals surface area contributed by atoms with Gasteiger partial charge >= 0.3 is 5.97 Å². The molecule has 29 heavy (non-hydrogen) atoms. The second kappa shape index (κ2) is 9.96. The summed E-state index contributed by atoms with van der Waals surface area (Å²) in [6, 6.07) is 16.0. The number of nitrogens with zero attached hydrogens (tertiary/aromatic N) is 1. The number of hydrogen-bond donors (Lipinski definition) is 1. The van der Waals surface area contributed by atoms with Gasteiger partial charge in [0, 0.05) is 25.6 Å². The average Bonchev–Trinajstić information content (AvgIpc) is 3.11. The van der Waals surface area contributed by atoms with Crippen LogP contribution in [0.4, 0.5) is 0 Å². The lowest BCUT2D eigenvalue weighted by Gasteiger charge is -2.18. The standard InChI is InChI=1S/C23H27NO5/c1-28-20-10-9-18(11-12-24-16-19(23(26)27)14-22(24)25)21(15-20)29-13-5-8-17-6-3-2-4-7-17/h2-4,6-7,9-10,15,19H,5,8,11-14,16H2,1H3,(H,26,27). The maximum Gasteiger partial charge on any atom is 0.308 e. The maximum absolute atomic E-state index is 12.1. The molecule has 1 heterocycles. The van der Waals surface area contributed by atoms with Gasteiger partial charge in [-0.2, -0.15) is 0 Å². The Labute approximate surface area is 171 Å². The van der Waals surface area contributed by atoms with Gasteiger partial charge in [0.2, 0.25) is 5.91 Å². The zero-order chi connectivity index (χ0) is 20.6. The predicted molar refractivity (Wildman–Crippen MR) is 109 cm³/mol. The largest absolute Gasteiger partial charge is 0.497 e.